The third kappa shape index (κ3) is 4.94. The summed E-state index contributed by atoms with van der Waals surface area (Å²) < 4.78 is 0. The van der Waals surface area contributed by atoms with Crippen molar-refractivity contribution in [3.8, 4) is 0 Å². The Kier molecular flexibility index (Phi) is 6.59. The van der Waals surface area contributed by atoms with Gasteiger partial charge in [0.25, 0.3) is 0 Å². The van der Waals surface area contributed by atoms with Crippen molar-refractivity contribution in [2.75, 3.05) is 5.32 Å². The molecule has 0 radical (unpaired) electrons. The summed E-state index contributed by atoms with van der Waals surface area (Å²) in [6, 6.07) is 26.1. The van der Waals surface area contributed by atoms with Crippen LogP contribution in [0.5, 0.6) is 0 Å². The van der Waals surface area contributed by atoms with Crippen LogP contribution in [0.1, 0.15) is 28.9 Å². The Balaban J connectivity index is 1.79. The Morgan fingerprint density at radius 1 is 0.889 bits per heavy atom. The number of amides is 1. The van der Waals surface area contributed by atoms with Gasteiger partial charge in [-0.05, 0) is 42.7 Å². The van der Waals surface area contributed by atoms with Crippen LogP contribution in [0.3, 0.4) is 0 Å². The van der Waals surface area contributed by atoms with Crippen molar-refractivity contribution in [2.24, 2.45) is 0 Å². The van der Waals surface area contributed by atoms with E-state index in [9.17, 15) is 4.79 Å². The number of halogens is 1. The highest BCUT2D eigenvalue weighted by atomic mass is 35.5. The quantitative estimate of drug-likeness (QED) is 0.516. The molecular weight excluding hydrogens is 374 g/mol. The first-order chi connectivity index (χ1) is 13.1. The van der Waals surface area contributed by atoms with E-state index in [0.717, 1.165) is 11.3 Å². The summed E-state index contributed by atoms with van der Waals surface area (Å²) in [6.07, 6.45) is 0. The Hall–Kier alpha value is -2.23. The van der Waals surface area contributed by atoms with Gasteiger partial charge >= 0.3 is 0 Å². The molecule has 138 valence electrons. The molecular formula is C23H22ClNOS. The van der Waals surface area contributed by atoms with E-state index in [1.807, 2.05) is 68.4 Å². The molecule has 3 aromatic rings. The first-order valence-electron chi connectivity index (χ1n) is 8.87. The lowest BCUT2D eigenvalue weighted by Gasteiger charge is -2.22. The van der Waals surface area contributed by atoms with Crippen molar-refractivity contribution in [3.63, 3.8) is 0 Å². The number of hydrogen-bond acceptors (Lipinski definition) is 2. The third-order valence-electron chi connectivity index (χ3n) is 4.44. The summed E-state index contributed by atoms with van der Waals surface area (Å²) >= 11 is 7.81. The lowest BCUT2D eigenvalue weighted by Crippen LogP contribution is -2.24. The van der Waals surface area contributed by atoms with Gasteiger partial charge in [0, 0.05) is 10.7 Å². The molecule has 4 heteroatoms. The molecule has 1 amide bonds. The monoisotopic (exact) mass is 395 g/mol. The number of hydrogen-bond donors (Lipinski definition) is 1. The second-order valence-electron chi connectivity index (χ2n) is 6.38. The molecule has 0 aliphatic heterocycles. The van der Waals surface area contributed by atoms with Crippen molar-refractivity contribution in [3.05, 3.63) is 101 Å². The molecule has 0 heterocycles. The Labute approximate surface area is 170 Å². The maximum Gasteiger partial charge on any atom is 0.237 e. The molecule has 0 aromatic heterocycles. The number of carbonyl (C=O) groups excluding carboxylic acids is 1. The molecule has 3 aromatic carbocycles. The van der Waals surface area contributed by atoms with E-state index < -0.39 is 0 Å². The second-order valence-corrected chi connectivity index (χ2v) is 8.24. The second kappa shape index (κ2) is 9.12. The van der Waals surface area contributed by atoms with Crippen molar-refractivity contribution < 1.29 is 4.79 Å². The lowest BCUT2D eigenvalue weighted by molar-refractivity contribution is -0.115. The van der Waals surface area contributed by atoms with E-state index in [1.54, 1.807) is 11.8 Å². The molecule has 1 N–H and O–H groups in total. The van der Waals surface area contributed by atoms with E-state index in [4.69, 9.17) is 11.6 Å². The average Bonchev–Trinajstić information content (AvgIpc) is 2.70. The van der Waals surface area contributed by atoms with Crippen LogP contribution in [0, 0.1) is 6.92 Å². The van der Waals surface area contributed by atoms with Crippen LogP contribution < -0.4 is 5.32 Å². The molecule has 0 bridgehead atoms. The van der Waals surface area contributed by atoms with Gasteiger partial charge in [-0.15, -0.1) is 11.8 Å². The highest BCUT2D eigenvalue weighted by Gasteiger charge is 2.22. The van der Waals surface area contributed by atoms with Crippen molar-refractivity contribution in [2.45, 2.75) is 24.3 Å². The molecule has 0 unspecified atom stereocenters. The number of rotatable bonds is 6. The maximum absolute atomic E-state index is 12.8. The van der Waals surface area contributed by atoms with Crippen LogP contribution in [-0.2, 0) is 4.79 Å². The molecule has 0 spiro atoms. The number of carbonyl (C=O) groups is 1. The van der Waals surface area contributed by atoms with Crippen molar-refractivity contribution in [1.82, 2.24) is 0 Å². The smallest absolute Gasteiger partial charge is 0.237 e. The maximum atomic E-state index is 12.8. The minimum atomic E-state index is -0.228. The summed E-state index contributed by atoms with van der Waals surface area (Å²) in [5.74, 6) is -0.0257. The minimum absolute atomic E-state index is 0.0257. The molecule has 1 atom stereocenters. The minimum Gasteiger partial charge on any atom is -0.325 e. The molecule has 27 heavy (non-hydrogen) atoms. The SMILES string of the molecule is Cc1c(Cl)cccc1NC(=O)[C@H](C)SC(c1ccccc1)c1ccccc1. The van der Waals surface area contributed by atoms with Gasteiger partial charge in [-0.1, -0.05) is 78.3 Å². The Morgan fingerprint density at radius 2 is 1.44 bits per heavy atom. The van der Waals surface area contributed by atoms with Gasteiger partial charge in [0.1, 0.15) is 0 Å². The summed E-state index contributed by atoms with van der Waals surface area (Å²) in [7, 11) is 0. The van der Waals surface area contributed by atoms with Crippen LogP contribution in [-0.4, -0.2) is 11.2 Å². The highest BCUT2D eigenvalue weighted by molar-refractivity contribution is 8.01. The average molecular weight is 396 g/mol. The first-order valence-corrected chi connectivity index (χ1v) is 10.2. The molecule has 0 aliphatic carbocycles. The van der Waals surface area contributed by atoms with E-state index in [2.05, 4.69) is 29.6 Å². The topological polar surface area (TPSA) is 29.1 Å². The van der Waals surface area contributed by atoms with Crippen molar-refractivity contribution in [1.29, 1.82) is 0 Å². The lowest BCUT2D eigenvalue weighted by atomic mass is 10.0. The summed E-state index contributed by atoms with van der Waals surface area (Å²) in [4.78, 5) is 12.8. The fourth-order valence-electron chi connectivity index (χ4n) is 2.85. The largest absolute Gasteiger partial charge is 0.325 e. The normalized spacial score (nSPS) is 12.0. The first kappa shape index (κ1) is 19.5. The van der Waals surface area contributed by atoms with Crippen LogP contribution in [0.25, 0.3) is 0 Å². The zero-order chi connectivity index (χ0) is 19.2. The summed E-state index contributed by atoms with van der Waals surface area (Å²) in [5.41, 5.74) is 4.02. The summed E-state index contributed by atoms with van der Waals surface area (Å²) in [5, 5.41) is 3.53. The number of thioether (sulfide) groups is 1. The molecule has 0 saturated heterocycles. The standard InChI is InChI=1S/C23H22ClNOS/c1-16-20(24)14-9-15-21(16)25-23(26)17(2)27-22(18-10-5-3-6-11-18)19-12-7-4-8-13-19/h3-15,17,22H,1-2H3,(H,25,26)/t17-/m0/s1. The van der Waals surface area contributed by atoms with Gasteiger partial charge in [-0.3, -0.25) is 4.79 Å². The zero-order valence-corrected chi connectivity index (χ0v) is 16.9. The van der Waals surface area contributed by atoms with E-state index in [1.165, 1.54) is 11.1 Å². The highest BCUT2D eigenvalue weighted by Crippen LogP contribution is 2.38. The van der Waals surface area contributed by atoms with Gasteiger partial charge in [0.15, 0.2) is 0 Å². The summed E-state index contributed by atoms with van der Waals surface area (Å²) in [6.45, 7) is 3.85. The molecule has 0 fully saturated rings. The van der Waals surface area contributed by atoms with E-state index in [0.29, 0.717) is 5.02 Å². The number of nitrogens with one attached hydrogen (secondary N) is 1. The fourth-order valence-corrected chi connectivity index (χ4v) is 4.24. The van der Waals surface area contributed by atoms with Gasteiger partial charge in [-0.2, -0.15) is 0 Å². The predicted octanol–water partition coefficient (Wildman–Crippen LogP) is 6.50. The van der Waals surface area contributed by atoms with Crippen LogP contribution in [0.2, 0.25) is 5.02 Å². The van der Waals surface area contributed by atoms with Crippen LogP contribution >= 0.6 is 23.4 Å². The zero-order valence-electron chi connectivity index (χ0n) is 15.4. The van der Waals surface area contributed by atoms with E-state index >= 15 is 0 Å². The Morgan fingerprint density at radius 3 is 2.00 bits per heavy atom. The van der Waals surface area contributed by atoms with Crippen LogP contribution in [0.4, 0.5) is 5.69 Å². The predicted molar refractivity (Wildman–Crippen MR) is 117 cm³/mol. The fraction of sp³-hybridized carbons (Fsp3) is 0.174. The van der Waals surface area contributed by atoms with Gasteiger partial charge in [-0.25, -0.2) is 0 Å². The number of benzene rings is 3. The van der Waals surface area contributed by atoms with Gasteiger partial charge in [0.2, 0.25) is 5.91 Å². The molecule has 0 aliphatic rings. The van der Waals surface area contributed by atoms with E-state index in [-0.39, 0.29) is 16.4 Å². The number of anilines is 1. The van der Waals surface area contributed by atoms with Crippen LogP contribution in [0.15, 0.2) is 78.9 Å². The Bertz CT molecular complexity index is 859. The van der Waals surface area contributed by atoms with Gasteiger partial charge < -0.3 is 5.32 Å². The molecule has 0 saturated carbocycles. The molecule has 3 rings (SSSR count). The molecule has 2 nitrogen and oxygen atoms in total. The van der Waals surface area contributed by atoms with Crippen molar-refractivity contribution >= 4 is 35.0 Å². The third-order valence-corrected chi connectivity index (χ3v) is 6.29. The van der Waals surface area contributed by atoms with Gasteiger partial charge in [0.05, 0.1) is 10.5 Å².